The summed E-state index contributed by atoms with van der Waals surface area (Å²) in [7, 11) is 0. The van der Waals surface area contributed by atoms with E-state index in [-0.39, 0.29) is 0 Å². The smallest absolute Gasteiger partial charge is 0.162 e. The Morgan fingerprint density at radius 3 is 2.73 bits per heavy atom. The molecule has 15 heavy (non-hydrogen) atoms. The molecule has 0 amide bonds. The zero-order chi connectivity index (χ0) is 11.5. The molecule has 0 saturated carbocycles. The van der Waals surface area contributed by atoms with Crippen LogP contribution in [0.15, 0.2) is 18.2 Å². The third-order valence-corrected chi connectivity index (χ3v) is 2.13. The van der Waals surface area contributed by atoms with E-state index in [0.717, 1.165) is 11.8 Å². The Labute approximate surface area is 94.2 Å². The molecule has 82 valence electrons. The molecule has 1 rings (SSSR count). The molecule has 0 heterocycles. The van der Waals surface area contributed by atoms with Gasteiger partial charge in [-0.3, -0.25) is 4.79 Å². The third kappa shape index (κ3) is 3.22. The van der Waals surface area contributed by atoms with E-state index < -0.39 is 5.60 Å². The summed E-state index contributed by atoms with van der Waals surface area (Å²) in [5.41, 5.74) is 5.49. The van der Waals surface area contributed by atoms with E-state index in [1.54, 1.807) is 32.0 Å². The second-order valence-electron chi connectivity index (χ2n) is 3.78. The SMILES string of the molecule is CC(C)(C=O)Oc1ccc(Cl)cc1CN. The zero-order valence-electron chi connectivity index (χ0n) is 8.79. The van der Waals surface area contributed by atoms with Crippen molar-refractivity contribution < 1.29 is 9.53 Å². The van der Waals surface area contributed by atoms with E-state index in [0.29, 0.717) is 17.3 Å². The summed E-state index contributed by atoms with van der Waals surface area (Å²) in [6.07, 6.45) is 0.752. The van der Waals surface area contributed by atoms with Crippen LogP contribution in [0, 0.1) is 0 Å². The van der Waals surface area contributed by atoms with Crippen molar-refractivity contribution in [3.8, 4) is 5.75 Å². The van der Waals surface area contributed by atoms with E-state index in [4.69, 9.17) is 22.1 Å². The van der Waals surface area contributed by atoms with Gasteiger partial charge in [0, 0.05) is 17.1 Å². The summed E-state index contributed by atoms with van der Waals surface area (Å²) in [5.74, 6) is 0.596. The van der Waals surface area contributed by atoms with Crippen LogP contribution in [0.2, 0.25) is 5.02 Å². The molecule has 0 fully saturated rings. The Balaban J connectivity index is 2.99. The summed E-state index contributed by atoms with van der Waals surface area (Å²) in [4.78, 5) is 10.7. The van der Waals surface area contributed by atoms with Gasteiger partial charge in [-0.2, -0.15) is 0 Å². The van der Waals surface area contributed by atoms with Crippen molar-refractivity contribution in [2.75, 3.05) is 0 Å². The van der Waals surface area contributed by atoms with Crippen LogP contribution in [0.1, 0.15) is 19.4 Å². The van der Waals surface area contributed by atoms with Gasteiger partial charge in [-0.1, -0.05) is 11.6 Å². The first kappa shape index (κ1) is 12.0. The van der Waals surface area contributed by atoms with Crippen molar-refractivity contribution in [2.24, 2.45) is 5.73 Å². The van der Waals surface area contributed by atoms with Crippen LogP contribution < -0.4 is 10.5 Å². The first-order valence-electron chi connectivity index (χ1n) is 4.62. The average Bonchev–Trinajstić information content (AvgIpc) is 2.20. The molecule has 1 aromatic carbocycles. The molecule has 0 aromatic heterocycles. The maximum Gasteiger partial charge on any atom is 0.162 e. The van der Waals surface area contributed by atoms with Gasteiger partial charge in [-0.25, -0.2) is 0 Å². The molecule has 0 bridgehead atoms. The van der Waals surface area contributed by atoms with Gasteiger partial charge in [0.15, 0.2) is 11.9 Å². The van der Waals surface area contributed by atoms with Crippen LogP contribution in [-0.2, 0) is 11.3 Å². The van der Waals surface area contributed by atoms with Crippen LogP contribution in [0.5, 0.6) is 5.75 Å². The third-order valence-electron chi connectivity index (χ3n) is 1.90. The summed E-state index contributed by atoms with van der Waals surface area (Å²) < 4.78 is 5.52. The minimum atomic E-state index is -0.849. The molecule has 4 heteroatoms. The number of carbonyl (C=O) groups excluding carboxylic acids is 1. The van der Waals surface area contributed by atoms with Gasteiger partial charge in [0.2, 0.25) is 0 Å². The van der Waals surface area contributed by atoms with Crippen LogP contribution in [0.3, 0.4) is 0 Å². The van der Waals surface area contributed by atoms with Gasteiger partial charge in [0.25, 0.3) is 0 Å². The lowest BCUT2D eigenvalue weighted by Gasteiger charge is -2.21. The maximum absolute atomic E-state index is 10.7. The van der Waals surface area contributed by atoms with Crippen LogP contribution in [-0.4, -0.2) is 11.9 Å². The van der Waals surface area contributed by atoms with E-state index in [9.17, 15) is 4.79 Å². The lowest BCUT2D eigenvalue weighted by atomic mass is 10.1. The molecule has 0 atom stereocenters. The minimum Gasteiger partial charge on any atom is -0.480 e. The Morgan fingerprint density at radius 2 is 2.20 bits per heavy atom. The van der Waals surface area contributed by atoms with Gasteiger partial charge < -0.3 is 10.5 Å². The Hall–Kier alpha value is -1.06. The number of nitrogens with two attached hydrogens (primary N) is 1. The lowest BCUT2D eigenvalue weighted by molar-refractivity contribution is -0.119. The molecular weight excluding hydrogens is 214 g/mol. The molecule has 0 aliphatic rings. The van der Waals surface area contributed by atoms with Crippen molar-refractivity contribution in [3.05, 3.63) is 28.8 Å². The molecule has 0 unspecified atom stereocenters. The zero-order valence-corrected chi connectivity index (χ0v) is 9.54. The average molecular weight is 228 g/mol. The summed E-state index contributed by atoms with van der Waals surface area (Å²) >= 11 is 5.82. The molecule has 0 aliphatic carbocycles. The van der Waals surface area contributed by atoms with Gasteiger partial charge >= 0.3 is 0 Å². The molecule has 0 aliphatic heterocycles. The highest BCUT2D eigenvalue weighted by molar-refractivity contribution is 6.30. The topological polar surface area (TPSA) is 52.3 Å². The Morgan fingerprint density at radius 1 is 1.53 bits per heavy atom. The largest absolute Gasteiger partial charge is 0.480 e. The number of hydrogen-bond donors (Lipinski definition) is 1. The predicted molar refractivity (Wildman–Crippen MR) is 60.1 cm³/mol. The first-order valence-corrected chi connectivity index (χ1v) is 5.00. The van der Waals surface area contributed by atoms with Crippen molar-refractivity contribution in [1.29, 1.82) is 0 Å². The van der Waals surface area contributed by atoms with E-state index >= 15 is 0 Å². The minimum absolute atomic E-state index is 0.324. The predicted octanol–water partition coefficient (Wildman–Crippen LogP) is 2.15. The normalized spacial score (nSPS) is 11.2. The number of halogens is 1. The standard InChI is InChI=1S/C11H14ClNO2/c1-11(2,7-14)15-10-4-3-9(12)5-8(10)6-13/h3-5,7H,6,13H2,1-2H3. The fourth-order valence-electron chi connectivity index (χ4n) is 1.11. The fourth-order valence-corrected chi connectivity index (χ4v) is 1.31. The van der Waals surface area contributed by atoms with Crippen molar-refractivity contribution >= 4 is 17.9 Å². The van der Waals surface area contributed by atoms with Gasteiger partial charge in [0.1, 0.15) is 5.75 Å². The van der Waals surface area contributed by atoms with Gasteiger partial charge in [-0.15, -0.1) is 0 Å². The summed E-state index contributed by atoms with van der Waals surface area (Å²) in [6.45, 7) is 3.70. The Kier molecular flexibility index (Phi) is 3.72. The highest BCUT2D eigenvalue weighted by atomic mass is 35.5. The molecule has 0 radical (unpaired) electrons. The molecular formula is C11H14ClNO2. The van der Waals surface area contributed by atoms with E-state index in [2.05, 4.69) is 0 Å². The van der Waals surface area contributed by atoms with Gasteiger partial charge in [0.05, 0.1) is 0 Å². The number of ether oxygens (including phenoxy) is 1. The molecule has 3 nitrogen and oxygen atoms in total. The molecule has 2 N–H and O–H groups in total. The van der Waals surface area contributed by atoms with E-state index in [1.165, 1.54) is 0 Å². The second-order valence-corrected chi connectivity index (χ2v) is 4.22. The number of aldehydes is 1. The van der Waals surface area contributed by atoms with Crippen LogP contribution in [0.4, 0.5) is 0 Å². The Bertz CT molecular complexity index is 364. The number of hydrogen-bond acceptors (Lipinski definition) is 3. The second kappa shape index (κ2) is 4.64. The van der Waals surface area contributed by atoms with Crippen molar-refractivity contribution in [1.82, 2.24) is 0 Å². The monoisotopic (exact) mass is 227 g/mol. The fraction of sp³-hybridized carbons (Fsp3) is 0.364. The highest BCUT2D eigenvalue weighted by Crippen LogP contribution is 2.25. The summed E-state index contributed by atoms with van der Waals surface area (Å²) in [5, 5.41) is 0.603. The number of carbonyl (C=O) groups is 1. The van der Waals surface area contributed by atoms with E-state index in [1.807, 2.05) is 0 Å². The van der Waals surface area contributed by atoms with Crippen molar-refractivity contribution in [3.63, 3.8) is 0 Å². The van der Waals surface area contributed by atoms with Crippen LogP contribution in [0.25, 0.3) is 0 Å². The summed E-state index contributed by atoms with van der Waals surface area (Å²) in [6, 6.07) is 5.16. The van der Waals surface area contributed by atoms with Gasteiger partial charge in [-0.05, 0) is 32.0 Å². The first-order chi connectivity index (χ1) is 6.98. The molecule has 0 spiro atoms. The highest BCUT2D eigenvalue weighted by Gasteiger charge is 2.19. The molecule has 1 aromatic rings. The number of rotatable bonds is 4. The lowest BCUT2D eigenvalue weighted by Crippen LogP contribution is -2.30. The van der Waals surface area contributed by atoms with Crippen LogP contribution >= 0.6 is 11.6 Å². The quantitative estimate of drug-likeness (QED) is 0.802. The molecule has 0 saturated heterocycles. The number of benzene rings is 1. The maximum atomic E-state index is 10.7. The van der Waals surface area contributed by atoms with Crippen molar-refractivity contribution in [2.45, 2.75) is 26.0 Å².